The molecule has 3 aliphatic rings. The molecule has 2 aliphatic heterocycles. The summed E-state index contributed by atoms with van der Waals surface area (Å²) >= 11 is 0. The van der Waals surface area contributed by atoms with Crippen LogP contribution in [-0.2, 0) is 20.6 Å². The Morgan fingerprint density at radius 3 is 1.97 bits per heavy atom. The van der Waals surface area contributed by atoms with Gasteiger partial charge in [-0.05, 0) is 56.9 Å². The van der Waals surface area contributed by atoms with E-state index in [1.165, 1.54) is 7.11 Å². The lowest BCUT2D eigenvalue weighted by Gasteiger charge is -2.45. The standard InChI is InChI=1S/C40H52O19/c1-15(2)5-10-19-21(55-39-33(51)30(48)27(45)23(13-41)56-39)12-20(43)25-29(47)38(35(58-36(19)25)17-6-8-18(53-4)9-7-17)54-22-11-16(3)26(44)32(50)37(22)59-40-34(52)31(49)28(46)24(14-42)57-40/h5-9,12,16,22-24,26-28,30-34,37,39-46,48-52H,10-11,13-14H2,1-4H3. The number of aromatic hydroxyl groups is 1. The maximum absolute atomic E-state index is 14.8. The van der Waals surface area contributed by atoms with Crippen molar-refractivity contribution in [2.45, 2.75) is 119 Å². The molecule has 1 saturated carbocycles. The van der Waals surface area contributed by atoms with Crippen molar-refractivity contribution >= 4 is 11.0 Å². The fraction of sp³-hybridized carbons (Fsp3) is 0.575. The summed E-state index contributed by atoms with van der Waals surface area (Å²) in [4.78, 5) is 14.8. The molecule has 1 aliphatic carbocycles. The zero-order valence-electron chi connectivity index (χ0n) is 32.6. The second kappa shape index (κ2) is 18.4. The van der Waals surface area contributed by atoms with Gasteiger partial charge in [-0.2, -0.15) is 0 Å². The maximum Gasteiger partial charge on any atom is 0.239 e. The highest BCUT2D eigenvalue weighted by Gasteiger charge is 2.51. The summed E-state index contributed by atoms with van der Waals surface area (Å²) in [5.74, 6) is -1.71. The molecule has 2 saturated heterocycles. The summed E-state index contributed by atoms with van der Waals surface area (Å²) in [6.45, 7) is 3.73. The average Bonchev–Trinajstić information content (AvgIpc) is 3.21. The second-order valence-electron chi connectivity index (χ2n) is 15.3. The number of allylic oxidation sites excluding steroid dienone is 2. The number of phenolic OH excluding ortho intramolecular Hbond substituents is 1. The lowest BCUT2D eigenvalue weighted by Crippen LogP contribution is -2.63. The van der Waals surface area contributed by atoms with Gasteiger partial charge in [0.2, 0.25) is 17.5 Å². The van der Waals surface area contributed by atoms with Gasteiger partial charge in [0.1, 0.15) is 95.4 Å². The first kappa shape index (κ1) is 44.6. The van der Waals surface area contributed by atoms with Crippen LogP contribution in [0.2, 0.25) is 0 Å². The molecule has 3 heterocycles. The molecule has 1 aromatic heterocycles. The Morgan fingerprint density at radius 2 is 1.39 bits per heavy atom. The molecule has 15 atom stereocenters. The number of hydrogen-bond donors (Lipinski definition) is 11. The second-order valence-corrected chi connectivity index (χ2v) is 15.3. The molecule has 0 amide bonds. The van der Waals surface area contributed by atoms with Crippen molar-refractivity contribution in [1.29, 1.82) is 0 Å². The van der Waals surface area contributed by atoms with E-state index in [1.807, 2.05) is 13.8 Å². The third-order valence-electron chi connectivity index (χ3n) is 11.0. The van der Waals surface area contributed by atoms with Crippen LogP contribution in [0.1, 0.15) is 32.8 Å². The number of hydrogen-bond acceptors (Lipinski definition) is 19. The van der Waals surface area contributed by atoms with E-state index in [-0.39, 0.29) is 46.4 Å². The summed E-state index contributed by atoms with van der Waals surface area (Å²) in [7, 11) is 1.45. The van der Waals surface area contributed by atoms with Gasteiger partial charge in [-0.3, -0.25) is 4.79 Å². The van der Waals surface area contributed by atoms with Crippen molar-refractivity contribution in [2.75, 3.05) is 20.3 Å². The predicted molar refractivity (Wildman–Crippen MR) is 203 cm³/mol. The minimum atomic E-state index is -1.88. The lowest BCUT2D eigenvalue weighted by atomic mass is 9.81. The first-order valence-corrected chi connectivity index (χ1v) is 19.1. The number of phenols is 1. The van der Waals surface area contributed by atoms with Crippen LogP contribution < -0.4 is 19.6 Å². The van der Waals surface area contributed by atoms with Crippen LogP contribution in [0.25, 0.3) is 22.3 Å². The number of fused-ring (bicyclic) bond motifs is 1. The molecule has 326 valence electrons. The van der Waals surface area contributed by atoms with Crippen LogP contribution in [-0.4, -0.2) is 162 Å². The van der Waals surface area contributed by atoms with Crippen molar-refractivity contribution in [3.8, 4) is 34.3 Å². The third-order valence-corrected chi connectivity index (χ3v) is 11.0. The normalized spacial score (nSPS) is 35.0. The lowest BCUT2D eigenvalue weighted by molar-refractivity contribution is -0.330. The monoisotopic (exact) mass is 836 g/mol. The largest absolute Gasteiger partial charge is 0.507 e. The van der Waals surface area contributed by atoms with Crippen LogP contribution >= 0.6 is 0 Å². The molecule has 2 aromatic carbocycles. The Balaban J connectivity index is 1.50. The molecule has 15 unspecified atom stereocenters. The third kappa shape index (κ3) is 8.80. The molecular formula is C40H52O19. The summed E-state index contributed by atoms with van der Waals surface area (Å²) in [6.07, 6.45) is -21.1. The number of ether oxygens (including phenoxy) is 6. The van der Waals surface area contributed by atoms with Gasteiger partial charge in [0, 0.05) is 17.2 Å². The van der Waals surface area contributed by atoms with E-state index in [4.69, 9.17) is 32.8 Å². The predicted octanol–water partition coefficient (Wildman–Crippen LogP) is -1.44. The van der Waals surface area contributed by atoms with Crippen molar-refractivity contribution in [1.82, 2.24) is 0 Å². The average molecular weight is 837 g/mol. The van der Waals surface area contributed by atoms with Gasteiger partial charge in [0.05, 0.1) is 26.4 Å². The summed E-state index contributed by atoms with van der Waals surface area (Å²) < 4.78 is 41.3. The van der Waals surface area contributed by atoms with E-state index < -0.39 is 122 Å². The Hall–Kier alpha value is -3.93. The number of aliphatic hydroxyl groups is 10. The molecule has 0 radical (unpaired) electrons. The maximum atomic E-state index is 14.8. The molecule has 11 N–H and O–H groups in total. The van der Waals surface area contributed by atoms with Gasteiger partial charge in [-0.25, -0.2) is 0 Å². The van der Waals surface area contributed by atoms with E-state index in [9.17, 15) is 61.0 Å². The number of rotatable bonds is 12. The van der Waals surface area contributed by atoms with Crippen LogP contribution in [0.5, 0.6) is 23.0 Å². The van der Waals surface area contributed by atoms with Gasteiger partial charge in [0.15, 0.2) is 12.1 Å². The summed E-state index contributed by atoms with van der Waals surface area (Å²) in [5.41, 5.74) is 0.172. The SMILES string of the molecule is COc1ccc(-c2oc3c(CC=C(C)C)c(OC4OC(CO)C(O)C(O)C4O)cc(O)c3c(=O)c2OC2CC(C)C(O)C(O)C2OC2OC(CO)C(O)C(O)C2O)cc1. The molecule has 0 bridgehead atoms. The van der Waals surface area contributed by atoms with Gasteiger partial charge in [0.25, 0.3) is 0 Å². The molecule has 3 fully saturated rings. The molecule has 3 aromatic rings. The first-order chi connectivity index (χ1) is 28.0. The van der Waals surface area contributed by atoms with E-state index in [0.717, 1.165) is 11.6 Å². The first-order valence-electron chi connectivity index (χ1n) is 19.1. The molecular weight excluding hydrogens is 784 g/mol. The Kier molecular flexibility index (Phi) is 13.9. The minimum Gasteiger partial charge on any atom is -0.507 e. The molecule has 6 rings (SSSR count). The summed E-state index contributed by atoms with van der Waals surface area (Å²) in [6, 6.07) is 7.35. The van der Waals surface area contributed by atoms with E-state index in [0.29, 0.717) is 5.75 Å². The highest BCUT2D eigenvalue weighted by Crippen LogP contribution is 2.42. The topological polar surface area (TPSA) is 308 Å². The number of aliphatic hydroxyl groups excluding tert-OH is 10. The van der Waals surface area contributed by atoms with Crippen molar-refractivity contribution in [3.05, 3.63) is 57.8 Å². The Bertz CT molecular complexity index is 1990. The highest BCUT2D eigenvalue weighted by molar-refractivity contribution is 5.91. The van der Waals surface area contributed by atoms with Crippen LogP contribution in [0.4, 0.5) is 0 Å². The van der Waals surface area contributed by atoms with Gasteiger partial charge >= 0.3 is 0 Å². The Labute approximate surface area is 337 Å². The van der Waals surface area contributed by atoms with Crippen LogP contribution in [0.15, 0.2) is 51.2 Å². The smallest absolute Gasteiger partial charge is 0.239 e. The van der Waals surface area contributed by atoms with Crippen molar-refractivity contribution < 1.29 is 89.0 Å². The van der Waals surface area contributed by atoms with Gasteiger partial charge < -0.3 is 89.0 Å². The molecule has 19 heteroatoms. The van der Waals surface area contributed by atoms with E-state index in [1.54, 1.807) is 37.3 Å². The number of methoxy groups -OCH3 is 1. The number of benzene rings is 2. The van der Waals surface area contributed by atoms with Crippen molar-refractivity contribution in [3.63, 3.8) is 0 Å². The van der Waals surface area contributed by atoms with E-state index >= 15 is 0 Å². The molecule has 0 spiro atoms. The Morgan fingerprint density at radius 1 is 0.797 bits per heavy atom. The fourth-order valence-corrected chi connectivity index (χ4v) is 7.45. The fourth-order valence-electron chi connectivity index (χ4n) is 7.45. The van der Waals surface area contributed by atoms with Crippen molar-refractivity contribution in [2.24, 2.45) is 5.92 Å². The van der Waals surface area contributed by atoms with Crippen LogP contribution in [0.3, 0.4) is 0 Å². The zero-order valence-corrected chi connectivity index (χ0v) is 32.6. The van der Waals surface area contributed by atoms with Gasteiger partial charge in [-0.1, -0.05) is 18.6 Å². The minimum absolute atomic E-state index is 0.0241. The van der Waals surface area contributed by atoms with E-state index in [2.05, 4.69) is 0 Å². The quantitative estimate of drug-likeness (QED) is 0.0931. The summed E-state index contributed by atoms with van der Waals surface area (Å²) in [5, 5.41) is 116. The molecule has 19 nitrogen and oxygen atoms in total. The molecule has 59 heavy (non-hydrogen) atoms. The zero-order chi connectivity index (χ0) is 43.0. The van der Waals surface area contributed by atoms with Gasteiger partial charge in [-0.15, -0.1) is 0 Å². The highest BCUT2D eigenvalue weighted by atomic mass is 16.7. The van der Waals surface area contributed by atoms with Crippen LogP contribution in [0, 0.1) is 5.92 Å².